The molecule has 0 bridgehead atoms. The Morgan fingerprint density at radius 2 is 2.14 bits per heavy atom. The van der Waals surface area contributed by atoms with E-state index in [-0.39, 0.29) is 18.2 Å². The van der Waals surface area contributed by atoms with Gasteiger partial charge in [0, 0.05) is 25.7 Å². The van der Waals surface area contributed by atoms with Gasteiger partial charge in [0.2, 0.25) is 0 Å². The highest BCUT2D eigenvalue weighted by Gasteiger charge is 2.31. The summed E-state index contributed by atoms with van der Waals surface area (Å²) in [6.07, 6.45) is 7.58. The molecule has 6 nitrogen and oxygen atoms in total. The summed E-state index contributed by atoms with van der Waals surface area (Å²) in [6, 6.07) is 5.19. The van der Waals surface area contributed by atoms with E-state index in [0.29, 0.717) is 11.4 Å². The van der Waals surface area contributed by atoms with E-state index in [1.54, 1.807) is 48.6 Å². The first-order valence-electron chi connectivity index (χ1n) is 6.98. The molecular weight excluding hydrogens is 270 g/mol. The zero-order valence-electron chi connectivity index (χ0n) is 11.8. The van der Waals surface area contributed by atoms with Gasteiger partial charge in [0.25, 0.3) is 0 Å². The van der Waals surface area contributed by atoms with Gasteiger partial charge in [-0.25, -0.2) is 14.5 Å². The van der Waals surface area contributed by atoms with E-state index >= 15 is 0 Å². The Morgan fingerprint density at radius 1 is 1.29 bits per heavy atom. The second kappa shape index (κ2) is 6.05. The van der Waals surface area contributed by atoms with Crippen molar-refractivity contribution in [2.45, 2.75) is 31.5 Å². The summed E-state index contributed by atoms with van der Waals surface area (Å²) < 4.78 is 12.5. The van der Waals surface area contributed by atoms with Crippen molar-refractivity contribution in [3.63, 3.8) is 0 Å². The molecule has 110 valence electrons. The first-order valence-corrected chi connectivity index (χ1v) is 6.98. The molecule has 2 heterocycles. The van der Waals surface area contributed by atoms with Gasteiger partial charge in [-0.1, -0.05) is 0 Å². The monoisotopic (exact) mass is 287 g/mol. The number of ether oxygens (including phenoxy) is 2. The number of hydrogen-bond acceptors (Lipinski definition) is 5. The minimum absolute atomic E-state index is 0.0150. The van der Waals surface area contributed by atoms with Crippen molar-refractivity contribution in [1.82, 2.24) is 14.8 Å². The number of methoxy groups -OCH3 is 1. The summed E-state index contributed by atoms with van der Waals surface area (Å²) in [5, 5.41) is 4.11. The minimum atomic E-state index is -0.387. The highest BCUT2D eigenvalue weighted by atomic mass is 16.6. The van der Waals surface area contributed by atoms with Crippen LogP contribution in [0.2, 0.25) is 0 Å². The van der Waals surface area contributed by atoms with Crippen LogP contribution in [0.3, 0.4) is 0 Å². The molecule has 2 atom stereocenters. The zero-order chi connectivity index (χ0) is 14.7. The summed E-state index contributed by atoms with van der Waals surface area (Å²) in [7, 11) is 1.65. The number of aromatic nitrogens is 3. The molecule has 21 heavy (non-hydrogen) atoms. The van der Waals surface area contributed by atoms with E-state index in [9.17, 15) is 4.79 Å². The molecule has 1 saturated carbocycles. The second-order valence-electron chi connectivity index (χ2n) is 4.97. The quantitative estimate of drug-likeness (QED) is 0.805. The van der Waals surface area contributed by atoms with Crippen molar-refractivity contribution in [1.29, 1.82) is 0 Å². The Kier molecular flexibility index (Phi) is 3.96. The number of pyridine rings is 1. The third kappa shape index (κ3) is 2.80. The molecular formula is C15H17N3O3. The third-order valence-corrected chi connectivity index (χ3v) is 3.68. The van der Waals surface area contributed by atoms with Crippen molar-refractivity contribution in [3.05, 3.63) is 42.4 Å². The maximum Gasteiger partial charge on any atom is 0.342 e. The van der Waals surface area contributed by atoms with E-state index in [1.807, 2.05) is 0 Å². The summed E-state index contributed by atoms with van der Waals surface area (Å²) in [5.74, 6) is 0.0852. The van der Waals surface area contributed by atoms with Crippen molar-refractivity contribution < 1.29 is 14.3 Å². The zero-order valence-corrected chi connectivity index (χ0v) is 11.8. The summed E-state index contributed by atoms with van der Waals surface area (Å²) in [5.41, 5.74) is 0.406. The largest absolute Gasteiger partial charge is 0.456 e. The van der Waals surface area contributed by atoms with Crippen LogP contribution in [0.5, 0.6) is 0 Å². The Hall–Kier alpha value is -2.21. The lowest BCUT2D eigenvalue weighted by Gasteiger charge is -2.19. The average Bonchev–Trinajstić information content (AvgIpc) is 3.18. The molecule has 0 radical (unpaired) electrons. The Labute approximate surface area is 122 Å². The Morgan fingerprint density at radius 3 is 2.90 bits per heavy atom. The SMILES string of the molecule is CO[C@H]1CCC[C@H]1OC(=O)c1cccnc1-n1cccn1. The van der Waals surface area contributed by atoms with Crippen LogP contribution in [0.15, 0.2) is 36.8 Å². The van der Waals surface area contributed by atoms with E-state index < -0.39 is 0 Å². The number of nitrogens with zero attached hydrogens (tertiary/aromatic N) is 3. The third-order valence-electron chi connectivity index (χ3n) is 3.68. The fraction of sp³-hybridized carbons (Fsp3) is 0.400. The number of carbonyl (C=O) groups excluding carboxylic acids is 1. The fourth-order valence-electron chi connectivity index (χ4n) is 2.63. The van der Waals surface area contributed by atoms with E-state index in [1.165, 1.54) is 0 Å². The van der Waals surface area contributed by atoms with Crippen LogP contribution in [0.4, 0.5) is 0 Å². The van der Waals surface area contributed by atoms with Crippen LogP contribution >= 0.6 is 0 Å². The number of carbonyl (C=O) groups is 1. The van der Waals surface area contributed by atoms with Gasteiger partial charge >= 0.3 is 5.97 Å². The van der Waals surface area contributed by atoms with Gasteiger partial charge in [-0.05, 0) is 37.5 Å². The molecule has 0 saturated heterocycles. The van der Waals surface area contributed by atoms with Gasteiger partial charge < -0.3 is 9.47 Å². The molecule has 0 unspecified atom stereocenters. The molecule has 1 aliphatic rings. The lowest BCUT2D eigenvalue weighted by molar-refractivity contribution is -0.0207. The first kappa shape index (κ1) is 13.8. The standard InChI is InChI=1S/C15H17N3O3/c1-20-12-6-2-7-13(12)21-15(19)11-5-3-8-16-14(11)18-10-4-9-17-18/h3-5,8-10,12-13H,2,6-7H2,1H3/t12-,13+/m0/s1. The van der Waals surface area contributed by atoms with E-state index in [2.05, 4.69) is 10.1 Å². The minimum Gasteiger partial charge on any atom is -0.456 e. The van der Waals surface area contributed by atoms with Gasteiger partial charge in [0.1, 0.15) is 11.7 Å². The Balaban J connectivity index is 1.82. The molecule has 1 aliphatic carbocycles. The predicted octanol–water partition coefficient (Wildman–Crippen LogP) is 1.99. The first-order chi connectivity index (χ1) is 10.3. The van der Waals surface area contributed by atoms with E-state index in [4.69, 9.17) is 9.47 Å². The molecule has 1 fully saturated rings. The maximum absolute atomic E-state index is 12.4. The van der Waals surface area contributed by atoms with Crippen molar-refractivity contribution in [2.24, 2.45) is 0 Å². The summed E-state index contributed by atoms with van der Waals surface area (Å²) in [4.78, 5) is 16.6. The average molecular weight is 287 g/mol. The normalized spacial score (nSPS) is 21.4. The molecule has 0 amide bonds. The molecule has 6 heteroatoms. The smallest absolute Gasteiger partial charge is 0.342 e. The van der Waals surface area contributed by atoms with Gasteiger partial charge in [0.15, 0.2) is 5.82 Å². The molecule has 0 aliphatic heterocycles. The topological polar surface area (TPSA) is 66.2 Å². The number of hydrogen-bond donors (Lipinski definition) is 0. The van der Waals surface area contributed by atoms with Gasteiger partial charge in [-0.3, -0.25) is 0 Å². The number of esters is 1. The second-order valence-corrected chi connectivity index (χ2v) is 4.97. The van der Waals surface area contributed by atoms with Crippen LogP contribution in [0.25, 0.3) is 5.82 Å². The van der Waals surface area contributed by atoms with Crippen LogP contribution in [0, 0.1) is 0 Å². The van der Waals surface area contributed by atoms with Crippen LogP contribution in [0.1, 0.15) is 29.6 Å². The predicted molar refractivity (Wildman–Crippen MR) is 75.2 cm³/mol. The van der Waals surface area contributed by atoms with Crippen LogP contribution < -0.4 is 0 Å². The highest BCUT2D eigenvalue weighted by molar-refractivity contribution is 5.92. The maximum atomic E-state index is 12.4. The Bertz CT molecular complexity index is 612. The molecule has 0 aromatic carbocycles. The summed E-state index contributed by atoms with van der Waals surface area (Å²) in [6.45, 7) is 0. The van der Waals surface area contributed by atoms with Gasteiger partial charge in [-0.2, -0.15) is 5.10 Å². The highest BCUT2D eigenvalue weighted by Crippen LogP contribution is 2.25. The van der Waals surface area contributed by atoms with Crippen LogP contribution in [-0.4, -0.2) is 40.1 Å². The van der Waals surface area contributed by atoms with Crippen molar-refractivity contribution in [3.8, 4) is 5.82 Å². The van der Waals surface area contributed by atoms with Crippen molar-refractivity contribution >= 4 is 5.97 Å². The van der Waals surface area contributed by atoms with Crippen molar-refractivity contribution in [2.75, 3.05) is 7.11 Å². The fourth-order valence-corrected chi connectivity index (χ4v) is 2.63. The van der Waals surface area contributed by atoms with Crippen LogP contribution in [-0.2, 0) is 9.47 Å². The van der Waals surface area contributed by atoms with Gasteiger partial charge in [-0.15, -0.1) is 0 Å². The van der Waals surface area contributed by atoms with E-state index in [0.717, 1.165) is 19.3 Å². The van der Waals surface area contributed by atoms with Gasteiger partial charge in [0.05, 0.1) is 6.10 Å². The molecule has 0 spiro atoms. The molecule has 2 aromatic heterocycles. The molecule has 3 rings (SSSR count). The molecule has 0 N–H and O–H groups in total. The summed E-state index contributed by atoms with van der Waals surface area (Å²) >= 11 is 0. The number of rotatable bonds is 4. The molecule has 2 aromatic rings. The lowest BCUT2D eigenvalue weighted by atomic mass is 10.2. The lowest BCUT2D eigenvalue weighted by Crippen LogP contribution is -2.28.